The van der Waals surface area contributed by atoms with Crippen LogP contribution in [0.25, 0.3) is 0 Å². The summed E-state index contributed by atoms with van der Waals surface area (Å²) < 4.78 is 0.977. The van der Waals surface area contributed by atoms with Crippen molar-refractivity contribution in [2.45, 2.75) is 6.92 Å². The molecule has 0 radical (unpaired) electrons. The lowest BCUT2D eigenvalue weighted by Gasteiger charge is -2.27. The molecule has 1 heterocycles. The van der Waals surface area contributed by atoms with Gasteiger partial charge in [-0.3, -0.25) is 4.79 Å². The summed E-state index contributed by atoms with van der Waals surface area (Å²) in [6, 6.07) is 5.67. The minimum absolute atomic E-state index is 0.00704. The van der Waals surface area contributed by atoms with Gasteiger partial charge in [0.2, 0.25) is 0 Å². The van der Waals surface area contributed by atoms with Crippen molar-refractivity contribution in [2.75, 3.05) is 19.6 Å². The van der Waals surface area contributed by atoms with E-state index in [0.717, 1.165) is 29.7 Å². The van der Waals surface area contributed by atoms with Gasteiger partial charge >= 0.3 is 0 Å². The fourth-order valence-corrected chi connectivity index (χ4v) is 1.94. The molecule has 0 aliphatic carbocycles. The highest BCUT2D eigenvalue weighted by molar-refractivity contribution is 9.10. The first-order valence-electron chi connectivity index (χ1n) is 5.42. The molecule has 86 valence electrons. The maximum atomic E-state index is 11.8. The molecule has 4 heteroatoms. The minimum Gasteiger partial charge on any atom is -0.352 e. The maximum absolute atomic E-state index is 11.8. The number of benzene rings is 1. The molecule has 1 aromatic carbocycles. The number of amides is 1. The minimum atomic E-state index is 0.00704. The highest BCUT2D eigenvalue weighted by Crippen LogP contribution is 2.17. The quantitative estimate of drug-likeness (QED) is 0.886. The smallest absolute Gasteiger partial charge is 0.251 e. The highest BCUT2D eigenvalue weighted by Gasteiger charge is 2.17. The second-order valence-electron chi connectivity index (χ2n) is 4.20. The molecule has 1 aliphatic rings. The Morgan fingerprint density at radius 2 is 2.31 bits per heavy atom. The molecule has 1 fully saturated rings. The van der Waals surface area contributed by atoms with Crippen LogP contribution in [-0.2, 0) is 0 Å². The fourth-order valence-electron chi connectivity index (χ4n) is 1.57. The summed E-state index contributed by atoms with van der Waals surface area (Å²) >= 11 is 3.43. The lowest BCUT2D eigenvalue weighted by molar-refractivity contribution is 0.0942. The summed E-state index contributed by atoms with van der Waals surface area (Å²) in [7, 11) is 0. The standard InChI is InChI=1S/C12H15BrN2O/c1-8-2-3-10(4-11(8)13)12(16)15-7-9-5-14-6-9/h2-4,9,14H,5-7H2,1H3,(H,15,16). The summed E-state index contributed by atoms with van der Waals surface area (Å²) in [4.78, 5) is 11.8. The number of nitrogens with one attached hydrogen (secondary N) is 2. The van der Waals surface area contributed by atoms with Gasteiger partial charge in [-0.15, -0.1) is 0 Å². The molecular formula is C12H15BrN2O. The third kappa shape index (κ3) is 2.62. The predicted molar refractivity (Wildman–Crippen MR) is 67.6 cm³/mol. The first-order valence-corrected chi connectivity index (χ1v) is 6.21. The molecule has 0 unspecified atom stereocenters. The van der Waals surface area contributed by atoms with E-state index in [-0.39, 0.29) is 5.91 Å². The van der Waals surface area contributed by atoms with Gasteiger partial charge in [0.15, 0.2) is 0 Å². The van der Waals surface area contributed by atoms with Crippen LogP contribution in [0.1, 0.15) is 15.9 Å². The monoisotopic (exact) mass is 282 g/mol. The van der Waals surface area contributed by atoms with E-state index >= 15 is 0 Å². The normalized spacial score (nSPS) is 15.6. The average molecular weight is 283 g/mol. The SMILES string of the molecule is Cc1ccc(C(=O)NCC2CNC2)cc1Br. The second-order valence-corrected chi connectivity index (χ2v) is 5.05. The van der Waals surface area contributed by atoms with Gasteiger partial charge in [0, 0.05) is 35.6 Å². The van der Waals surface area contributed by atoms with E-state index in [9.17, 15) is 4.79 Å². The molecule has 3 nitrogen and oxygen atoms in total. The zero-order valence-corrected chi connectivity index (χ0v) is 10.8. The average Bonchev–Trinajstić information content (AvgIpc) is 2.19. The lowest BCUT2D eigenvalue weighted by atomic mass is 10.0. The van der Waals surface area contributed by atoms with Crippen molar-refractivity contribution >= 4 is 21.8 Å². The van der Waals surface area contributed by atoms with Gasteiger partial charge < -0.3 is 10.6 Å². The molecule has 0 atom stereocenters. The first kappa shape index (κ1) is 11.6. The zero-order chi connectivity index (χ0) is 11.5. The van der Waals surface area contributed by atoms with Crippen LogP contribution in [0.4, 0.5) is 0 Å². The first-order chi connectivity index (χ1) is 7.66. The molecular weight excluding hydrogens is 268 g/mol. The van der Waals surface area contributed by atoms with Gasteiger partial charge in [0.05, 0.1) is 0 Å². The van der Waals surface area contributed by atoms with Crippen LogP contribution in [0.2, 0.25) is 0 Å². The van der Waals surface area contributed by atoms with E-state index in [1.54, 1.807) is 0 Å². The fraction of sp³-hybridized carbons (Fsp3) is 0.417. The Morgan fingerprint density at radius 1 is 1.56 bits per heavy atom. The maximum Gasteiger partial charge on any atom is 0.251 e. The van der Waals surface area contributed by atoms with Crippen molar-refractivity contribution in [1.82, 2.24) is 10.6 Å². The molecule has 0 aromatic heterocycles. The van der Waals surface area contributed by atoms with E-state index < -0.39 is 0 Å². The van der Waals surface area contributed by atoms with Gasteiger partial charge in [-0.1, -0.05) is 22.0 Å². The Morgan fingerprint density at radius 3 is 2.88 bits per heavy atom. The van der Waals surface area contributed by atoms with Crippen molar-refractivity contribution in [3.8, 4) is 0 Å². The third-order valence-corrected chi connectivity index (χ3v) is 3.71. The van der Waals surface area contributed by atoms with Gasteiger partial charge in [-0.25, -0.2) is 0 Å². The molecule has 0 bridgehead atoms. The number of rotatable bonds is 3. The molecule has 1 saturated heterocycles. The summed E-state index contributed by atoms with van der Waals surface area (Å²) in [5, 5.41) is 6.13. The zero-order valence-electron chi connectivity index (χ0n) is 9.22. The Labute approximate surface area is 104 Å². The van der Waals surface area contributed by atoms with Crippen molar-refractivity contribution in [2.24, 2.45) is 5.92 Å². The number of aryl methyl sites for hydroxylation is 1. The molecule has 16 heavy (non-hydrogen) atoms. The Balaban J connectivity index is 1.94. The van der Waals surface area contributed by atoms with Gasteiger partial charge in [-0.05, 0) is 24.6 Å². The largest absolute Gasteiger partial charge is 0.352 e. The topological polar surface area (TPSA) is 41.1 Å². The summed E-state index contributed by atoms with van der Waals surface area (Å²) in [6.07, 6.45) is 0. The second kappa shape index (κ2) is 4.97. The van der Waals surface area contributed by atoms with E-state index in [4.69, 9.17) is 0 Å². The summed E-state index contributed by atoms with van der Waals surface area (Å²) in [5.41, 5.74) is 1.85. The Hall–Kier alpha value is -0.870. The van der Waals surface area contributed by atoms with Crippen molar-refractivity contribution < 1.29 is 4.79 Å². The van der Waals surface area contributed by atoms with E-state index in [0.29, 0.717) is 11.5 Å². The van der Waals surface area contributed by atoms with Crippen LogP contribution in [0.3, 0.4) is 0 Å². The van der Waals surface area contributed by atoms with Crippen molar-refractivity contribution in [3.05, 3.63) is 33.8 Å². The number of carbonyl (C=O) groups excluding carboxylic acids is 1. The van der Waals surface area contributed by atoms with Gasteiger partial charge in [0.1, 0.15) is 0 Å². The molecule has 1 aromatic rings. The lowest BCUT2D eigenvalue weighted by Crippen LogP contribution is -2.48. The van der Waals surface area contributed by atoms with E-state index in [1.165, 1.54) is 0 Å². The van der Waals surface area contributed by atoms with Crippen LogP contribution >= 0.6 is 15.9 Å². The van der Waals surface area contributed by atoms with Crippen LogP contribution in [0.15, 0.2) is 22.7 Å². The van der Waals surface area contributed by atoms with Crippen LogP contribution in [0.5, 0.6) is 0 Å². The molecule has 1 aliphatic heterocycles. The van der Waals surface area contributed by atoms with Crippen molar-refractivity contribution in [3.63, 3.8) is 0 Å². The Bertz CT molecular complexity index is 402. The summed E-state index contributed by atoms with van der Waals surface area (Å²) in [6.45, 7) is 4.79. The Kier molecular flexibility index (Phi) is 3.61. The van der Waals surface area contributed by atoms with E-state index in [2.05, 4.69) is 26.6 Å². The molecule has 2 rings (SSSR count). The van der Waals surface area contributed by atoms with Crippen LogP contribution in [0, 0.1) is 12.8 Å². The third-order valence-electron chi connectivity index (χ3n) is 2.85. The number of halogens is 1. The summed E-state index contributed by atoms with van der Waals surface area (Å²) in [5.74, 6) is 0.602. The van der Waals surface area contributed by atoms with Gasteiger partial charge in [0.25, 0.3) is 5.91 Å². The molecule has 2 N–H and O–H groups in total. The van der Waals surface area contributed by atoms with Crippen LogP contribution < -0.4 is 10.6 Å². The van der Waals surface area contributed by atoms with Crippen molar-refractivity contribution in [1.29, 1.82) is 0 Å². The number of hydrogen-bond donors (Lipinski definition) is 2. The predicted octanol–water partition coefficient (Wildman–Crippen LogP) is 1.71. The number of carbonyl (C=O) groups is 1. The molecule has 1 amide bonds. The molecule has 0 spiro atoms. The van der Waals surface area contributed by atoms with E-state index in [1.807, 2.05) is 25.1 Å². The van der Waals surface area contributed by atoms with Gasteiger partial charge in [-0.2, -0.15) is 0 Å². The molecule has 0 saturated carbocycles. The van der Waals surface area contributed by atoms with Crippen LogP contribution in [-0.4, -0.2) is 25.5 Å². The highest BCUT2D eigenvalue weighted by atomic mass is 79.9. The number of hydrogen-bond acceptors (Lipinski definition) is 2.